The molecule has 0 aliphatic carbocycles. The number of halogens is 2. The molecule has 8 heteroatoms. The summed E-state index contributed by atoms with van der Waals surface area (Å²) in [7, 11) is 1.07. The average molecular weight is 282 g/mol. The highest BCUT2D eigenvalue weighted by Crippen LogP contribution is 2.16. The molecule has 4 amide bonds. The number of carbonyl (C=O) groups excluding carboxylic acids is 4. The summed E-state index contributed by atoms with van der Waals surface area (Å²) in [6.07, 6.45) is 0. The van der Waals surface area contributed by atoms with Crippen molar-refractivity contribution in [1.82, 2.24) is 9.80 Å². The first-order valence-electron chi connectivity index (χ1n) is 5.45. The monoisotopic (exact) mass is 282 g/mol. The summed E-state index contributed by atoms with van der Waals surface area (Å²) < 4.78 is 26.8. The van der Waals surface area contributed by atoms with Crippen molar-refractivity contribution in [3.8, 4) is 0 Å². The van der Waals surface area contributed by atoms with Gasteiger partial charge >= 0.3 is 17.8 Å². The highest BCUT2D eigenvalue weighted by atomic mass is 19.1. The van der Waals surface area contributed by atoms with Crippen LogP contribution in [0.3, 0.4) is 0 Å². The van der Waals surface area contributed by atoms with E-state index in [0.29, 0.717) is 9.80 Å². The fraction of sp³-hybridized carbons (Fsp3) is 0.167. The number of rotatable bonds is 3. The lowest BCUT2D eigenvalue weighted by atomic mass is 10.1. The number of Topliss-reactive ketones (excluding diaryl/α,β-unsaturated/α-hetero) is 1. The number of imide groups is 2. The maximum atomic E-state index is 13.4. The standard InChI is InChI=1S/C12H8F2N2O4/c1-15-10(18)11(19)16(12(15)20)5-8(17)9-6(13)3-2-4-7(9)14/h2-4H,5H2,1H3. The van der Waals surface area contributed by atoms with Gasteiger partial charge in [0, 0.05) is 7.05 Å². The van der Waals surface area contributed by atoms with Gasteiger partial charge in [0.05, 0.1) is 12.1 Å². The molecule has 1 saturated heterocycles. The molecule has 1 aliphatic heterocycles. The number of hydrogen-bond acceptors (Lipinski definition) is 4. The lowest BCUT2D eigenvalue weighted by molar-refractivity contribution is -0.142. The Balaban J connectivity index is 2.27. The van der Waals surface area contributed by atoms with Gasteiger partial charge in [0.15, 0.2) is 5.78 Å². The first-order chi connectivity index (χ1) is 9.34. The molecule has 20 heavy (non-hydrogen) atoms. The van der Waals surface area contributed by atoms with Crippen molar-refractivity contribution in [2.24, 2.45) is 0 Å². The first-order valence-corrected chi connectivity index (χ1v) is 5.45. The summed E-state index contributed by atoms with van der Waals surface area (Å²) in [5.41, 5.74) is -0.852. The molecule has 1 aliphatic rings. The van der Waals surface area contributed by atoms with E-state index in [0.717, 1.165) is 25.2 Å². The van der Waals surface area contributed by atoms with E-state index in [9.17, 15) is 28.0 Å². The van der Waals surface area contributed by atoms with Crippen LogP contribution in [0.4, 0.5) is 13.6 Å². The summed E-state index contributed by atoms with van der Waals surface area (Å²) in [4.78, 5) is 46.9. The summed E-state index contributed by atoms with van der Waals surface area (Å²) in [5.74, 6) is -5.62. The van der Waals surface area contributed by atoms with E-state index in [1.807, 2.05) is 0 Å². The van der Waals surface area contributed by atoms with Gasteiger partial charge in [0.2, 0.25) is 0 Å². The van der Waals surface area contributed by atoms with Crippen molar-refractivity contribution in [3.63, 3.8) is 0 Å². The number of nitrogens with zero attached hydrogens (tertiary/aromatic N) is 2. The minimum atomic E-state index is -1.21. The van der Waals surface area contributed by atoms with E-state index < -0.39 is 47.4 Å². The van der Waals surface area contributed by atoms with Crippen LogP contribution in [-0.4, -0.2) is 47.0 Å². The molecule has 0 spiro atoms. The molecule has 104 valence electrons. The fourth-order valence-corrected chi connectivity index (χ4v) is 1.74. The van der Waals surface area contributed by atoms with Gasteiger partial charge in [0.1, 0.15) is 11.6 Å². The van der Waals surface area contributed by atoms with Crippen LogP contribution >= 0.6 is 0 Å². The van der Waals surface area contributed by atoms with Crippen molar-refractivity contribution in [1.29, 1.82) is 0 Å². The quantitative estimate of drug-likeness (QED) is 0.461. The van der Waals surface area contributed by atoms with Gasteiger partial charge in [-0.1, -0.05) is 6.07 Å². The molecule has 1 fully saturated rings. The summed E-state index contributed by atoms with van der Waals surface area (Å²) in [6, 6.07) is 1.82. The minimum Gasteiger partial charge on any atom is -0.292 e. The van der Waals surface area contributed by atoms with Gasteiger partial charge in [-0.3, -0.25) is 19.3 Å². The van der Waals surface area contributed by atoms with Gasteiger partial charge in [-0.15, -0.1) is 0 Å². The predicted molar refractivity (Wildman–Crippen MR) is 60.6 cm³/mol. The smallest absolute Gasteiger partial charge is 0.292 e. The fourth-order valence-electron chi connectivity index (χ4n) is 1.74. The molecule has 0 radical (unpaired) electrons. The van der Waals surface area contributed by atoms with Gasteiger partial charge in [-0.2, -0.15) is 0 Å². The van der Waals surface area contributed by atoms with Crippen molar-refractivity contribution in [3.05, 3.63) is 35.4 Å². The Morgan fingerprint density at radius 3 is 2.10 bits per heavy atom. The number of amides is 4. The lowest BCUT2D eigenvalue weighted by Gasteiger charge is -2.12. The van der Waals surface area contributed by atoms with E-state index in [1.165, 1.54) is 0 Å². The van der Waals surface area contributed by atoms with Crippen LogP contribution < -0.4 is 0 Å². The Morgan fingerprint density at radius 1 is 1.10 bits per heavy atom. The Hall–Kier alpha value is -2.64. The molecule has 2 rings (SSSR count). The van der Waals surface area contributed by atoms with E-state index in [4.69, 9.17) is 0 Å². The second kappa shape index (κ2) is 4.80. The predicted octanol–water partition coefficient (Wildman–Crippen LogP) is 0.568. The molecule has 0 N–H and O–H groups in total. The van der Waals surface area contributed by atoms with E-state index >= 15 is 0 Å². The third-order valence-corrected chi connectivity index (χ3v) is 2.79. The SMILES string of the molecule is CN1C(=O)C(=O)N(CC(=O)c2c(F)cccc2F)C1=O. The maximum Gasteiger partial charge on any atom is 0.334 e. The minimum absolute atomic E-state index is 0.344. The highest BCUT2D eigenvalue weighted by Gasteiger charge is 2.43. The second-order valence-corrected chi connectivity index (χ2v) is 4.06. The van der Waals surface area contributed by atoms with Crippen LogP contribution in [0.5, 0.6) is 0 Å². The van der Waals surface area contributed by atoms with Crippen LogP contribution in [0, 0.1) is 11.6 Å². The Morgan fingerprint density at radius 2 is 1.65 bits per heavy atom. The number of hydrogen-bond donors (Lipinski definition) is 0. The van der Waals surface area contributed by atoms with Gasteiger partial charge in [-0.25, -0.2) is 18.5 Å². The summed E-state index contributed by atoms with van der Waals surface area (Å²) in [5, 5.41) is 0. The van der Waals surface area contributed by atoms with Crippen molar-refractivity contribution >= 4 is 23.6 Å². The van der Waals surface area contributed by atoms with Gasteiger partial charge < -0.3 is 0 Å². The molecule has 1 aromatic rings. The Labute approximate surface area is 111 Å². The van der Waals surface area contributed by atoms with Crippen LogP contribution in [0.1, 0.15) is 10.4 Å². The normalized spacial score (nSPS) is 15.2. The largest absolute Gasteiger partial charge is 0.334 e. The molecule has 0 bridgehead atoms. The zero-order valence-electron chi connectivity index (χ0n) is 10.2. The lowest BCUT2D eigenvalue weighted by Crippen LogP contribution is -2.36. The Kier molecular flexibility index (Phi) is 3.31. The van der Waals surface area contributed by atoms with Crippen LogP contribution in [0.25, 0.3) is 0 Å². The van der Waals surface area contributed by atoms with Crippen molar-refractivity contribution in [2.45, 2.75) is 0 Å². The molecule has 0 saturated carbocycles. The number of carbonyl (C=O) groups is 4. The van der Waals surface area contributed by atoms with Crippen LogP contribution in [0.15, 0.2) is 18.2 Å². The molecule has 6 nitrogen and oxygen atoms in total. The molecule has 0 aromatic heterocycles. The molecular formula is C12H8F2N2O4. The maximum absolute atomic E-state index is 13.4. The zero-order chi connectivity index (χ0) is 15.0. The van der Waals surface area contributed by atoms with Gasteiger partial charge in [0.25, 0.3) is 0 Å². The van der Waals surface area contributed by atoms with E-state index in [2.05, 4.69) is 0 Å². The number of ketones is 1. The summed E-state index contributed by atoms with van der Waals surface area (Å²) >= 11 is 0. The van der Waals surface area contributed by atoms with Gasteiger partial charge in [-0.05, 0) is 12.1 Å². The van der Waals surface area contributed by atoms with Crippen molar-refractivity contribution < 1.29 is 28.0 Å². The molecular weight excluding hydrogens is 274 g/mol. The van der Waals surface area contributed by atoms with Crippen molar-refractivity contribution in [2.75, 3.05) is 13.6 Å². The third kappa shape index (κ3) is 2.04. The Bertz CT molecular complexity index is 624. The van der Waals surface area contributed by atoms with Crippen LogP contribution in [-0.2, 0) is 9.59 Å². The summed E-state index contributed by atoms with van der Waals surface area (Å²) in [6.45, 7) is -0.897. The number of benzene rings is 1. The van der Waals surface area contributed by atoms with E-state index in [1.54, 1.807) is 0 Å². The van der Waals surface area contributed by atoms with E-state index in [-0.39, 0.29) is 0 Å². The molecule has 0 atom stereocenters. The second-order valence-electron chi connectivity index (χ2n) is 4.06. The number of urea groups is 1. The molecule has 1 aromatic carbocycles. The highest BCUT2D eigenvalue weighted by molar-refractivity contribution is 6.45. The molecule has 0 unspecified atom stereocenters. The third-order valence-electron chi connectivity index (χ3n) is 2.79. The topological polar surface area (TPSA) is 74.8 Å². The number of likely N-dealkylation sites (N-methyl/N-ethyl adjacent to an activating group) is 1. The zero-order valence-corrected chi connectivity index (χ0v) is 10.2. The average Bonchev–Trinajstić information content (AvgIpc) is 2.56. The molecule has 1 heterocycles. The van der Waals surface area contributed by atoms with Crippen LogP contribution in [0.2, 0.25) is 0 Å². The first kappa shape index (κ1) is 13.8.